The molecule has 1 N–H and O–H groups in total. The third-order valence-electron chi connectivity index (χ3n) is 6.83. The number of hydrogen-bond donors (Lipinski definition) is 1. The molecule has 1 unspecified atom stereocenters. The lowest BCUT2D eigenvalue weighted by Crippen LogP contribution is -2.44. The molecule has 0 bridgehead atoms. The molecule has 0 aliphatic carbocycles. The summed E-state index contributed by atoms with van der Waals surface area (Å²) in [4.78, 5) is 28.1. The second-order valence-corrected chi connectivity index (χ2v) is 9.54. The number of amides is 3. The van der Waals surface area contributed by atoms with E-state index in [0.717, 1.165) is 35.5 Å². The number of alkyl halides is 3. The Morgan fingerprint density at radius 3 is 2.56 bits per heavy atom. The van der Waals surface area contributed by atoms with Crippen molar-refractivity contribution in [3.8, 4) is 11.5 Å². The summed E-state index contributed by atoms with van der Waals surface area (Å²) in [6.45, 7) is -0.0384. The first-order chi connectivity index (χ1) is 19.6. The molecule has 3 heterocycles. The van der Waals surface area contributed by atoms with E-state index in [1.165, 1.54) is 17.0 Å². The number of halogens is 3. The summed E-state index contributed by atoms with van der Waals surface area (Å²) in [6.07, 6.45) is -2.18. The lowest BCUT2D eigenvalue weighted by atomic mass is 10.00. The topological polar surface area (TPSA) is 97.6 Å². The number of nitrogens with zero attached hydrogens (tertiary/aromatic N) is 4. The van der Waals surface area contributed by atoms with Gasteiger partial charge in [0.05, 0.1) is 29.6 Å². The first-order valence-corrected chi connectivity index (χ1v) is 12.8. The van der Waals surface area contributed by atoms with Crippen LogP contribution in [0.2, 0.25) is 0 Å². The molecule has 0 saturated carbocycles. The van der Waals surface area contributed by atoms with Crippen molar-refractivity contribution in [2.75, 3.05) is 38.9 Å². The summed E-state index contributed by atoms with van der Waals surface area (Å²) >= 11 is 0. The van der Waals surface area contributed by atoms with Gasteiger partial charge in [-0.05, 0) is 54.1 Å². The molecule has 0 fully saturated rings. The number of nitrogens with one attached hydrogen (secondary N) is 1. The fraction of sp³-hybridized carbons (Fsp3) is 0.321. The number of aromatic nitrogens is 1. The molecule has 216 valence electrons. The van der Waals surface area contributed by atoms with Gasteiger partial charge in [0.2, 0.25) is 6.79 Å². The predicted octanol–water partition coefficient (Wildman–Crippen LogP) is 4.63. The van der Waals surface area contributed by atoms with Crippen molar-refractivity contribution >= 4 is 23.3 Å². The fourth-order valence-corrected chi connectivity index (χ4v) is 4.67. The first-order valence-electron chi connectivity index (χ1n) is 12.8. The van der Waals surface area contributed by atoms with E-state index in [0.29, 0.717) is 23.6 Å². The number of carbonyl (C=O) groups excluding carboxylic acids is 2. The Morgan fingerprint density at radius 1 is 1.12 bits per heavy atom. The minimum absolute atomic E-state index is 0.0611. The Kier molecular flexibility index (Phi) is 7.88. The van der Waals surface area contributed by atoms with Crippen LogP contribution in [0.4, 0.5) is 23.7 Å². The van der Waals surface area contributed by atoms with Crippen molar-refractivity contribution in [1.29, 1.82) is 0 Å². The summed E-state index contributed by atoms with van der Waals surface area (Å²) in [5.41, 5.74) is 1.65. The van der Waals surface area contributed by atoms with Gasteiger partial charge in [0.1, 0.15) is 6.54 Å². The number of anilines is 1. The maximum Gasteiger partial charge on any atom is 0.416 e. The number of urea groups is 1. The quantitative estimate of drug-likeness (QED) is 0.425. The van der Waals surface area contributed by atoms with E-state index in [-0.39, 0.29) is 32.2 Å². The van der Waals surface area contributed by atoms with Gasteiger partial charge < -0.3 is 29.0 Å². The number of fused-ring (bicyclic) bond motifs is 1. The molecular weight excluding hydrogens is 543 g/mol. The Hall–Kier alpha value is -4.52. The minimum Gasteiger partial charge on any atom is -0.454 e. The number of rotatable bonds is 8. The lowest BCUT2D eigenvalue weighted by Gasteiger charge is -2.27. The maximum absolute atomic E-state index is 13.7. The highest BCUT2D eigenvalue weighted by molar-refractivity contribution is 6.02. The maximum atomic E-state index is 13.7. The van der Waals surface area contributed by atoms with E-state index in [1.54, 1.807) is 6.07 Å². The third-order valence-corrected chi connectivity index (χ3v) is 6.83. The van der Waals surface area contributed by atoms with E-state index >= 15 is 0 Å². The largest absolute Gasteiger partial charge is 0.454 e. The van der Waals surface area contributed by atoms with Crippen LogP contribution in [0.15, 0.2) is 65.9 Å². The molecular formula is C28H28F3N5O5. The van der Waals surface area contributed by atoms with Gasteiger partial charge in [-0.3, -0.25) is 4.79 Å². The molecule has 0 saturated heterocycles. The molecule has 5 rings (SSSR count). The number of hydrazone groups is 1. The standard InChI is InChI=1S/C28H28F3N5O5/c1-34-11-3-4-22(34)21-15-23(18-5-10-24-25(14-18)41-17-40-24)36(33-21)26(37)16-35(12-13-39-2)27(38)32-20-8-6-19(7-9-20)28(29,30)31/h3-11,14,23H,12-13,15-17H2,1-2H3,(H,32,38). The lowest BCUT2D eigenvalue weighted by molar-refractivity contribution is -0.137. The predicted molar refractivity (Wildman–Crippen MR) is 143 cm³/mol. The van der Waals surface area contributed by atoms with E-state index in [1.807, 2.05) is 42.1 Å². The Labute approximate surface area is 233 Å². The average molecular weight is 572 g/mol. The molecule has 1 atom stereocenters. The van der Waals surface area contributed by atoms with Crippen LogP contribution in [0, 0.1) is 0 Å². The van der Waals surface area contributed by atoms with Crippen molar-refractivity contribution in [3.05, 3.63) is 77.6 Å². The molecule has 2 aliphatic rings. The molecule has 1 aromatic heterocycles. The van der Waals surface area contributed by atoms with Gasteiger partial charge in [0.15, 0.2) is 11.5 Å². The van der Waals surface area contributed by atoms with E-state index in [2.05, 4.69) is 10.4 Å². The van der Waals surface area contributed by atoms with Crippen LogP contribution in [0.5, 0.6) is 11.5 Å². The fourth-order valence-electron chi connectivity index (χ4n) is 4.67. The van der Waals surface area contributed by atoms with Crippen LogP contribution in [-0.4, -0.2) is 65.7 Å². The van der Waals surface area contributed by atoms with Crippen molar-refractivity contribution in [2.45, 2.75) is 18.6 Å². The normalized spacial score (nSPS) is 16.1. The number of carbonyl (C=O) groups is 2. The molecule has 3 aromatic rings. The number of benzene rings is 2. The number of methoxy groups -OCH3 is 1. The van der Waals surface area contributed by atoms with Crippen LogP contribution in [0.3, 0.4) is 0 Å². The van der Waals surface area contributed by atoms with Crippen molar-refractivity contribution in [3.63, 3.8) is 0 Å². The highest BCUT2D eigenvalue weighted by Gasteiger charge is 2.36. The SMILES string of the molecule is COCCN(CC(=O)N1N=C(c2cccn2C)CC1c1ccc2c(c1)OCO2)C(=O)Nc1ccc(C(F)(F)F)cc1. The van der Waals surface area contributed by atoms with E-state index in [9.17, 15) is 22.8 Å². The van der Waals surface area contributed by atoms with Gasteiger partial charge in [0.25, 0.3) is 5.91 Å². The van der Waals surface area contributed by atoms with Crippen LogP contribution in [-0.2, 0) is 22.8 Å². The summed E-state index contributed by atoms with van der Waals surface area (Å²) in [5, 5.41) is 8.59. The van der Waals surface area contributed by atoms with Crippen LogP contribution in [0.1, 0.15) is 29.3 Å². The summed E-state index contributed by atoms with van der Waals surface area (Å²) in [5.74, 6) is 0.731. The monoisotopic (exact) mass is 571 g/mol. The average Bonchev–Trinajstić information content (AvgIpc) is 3.69. The van der Waals surface area contributed by atoms with Crippen LogP contribution < -0.4 is 14.8 Å². The molecule has 0 spiro atoms. The number of hydrogen-bond acceptors (Lipinski definition) is 6. The first kappa shape index (κ1) is 28.0. The van der Waals surface area contributed by atoms with Gasteiger partial charge in [-0.1, -0.05) is 6.07 Å². The Morgan fingerprint density at radius 2 is 1.88 bits per heavy atom. The Bertz CT molecular complexity index is 1450. The van der Waals surface area contributed by atoms with Crippen LogP contribution in [0.25, 0.3) is 0 Å². The summed E-state index contributed by atoms with van der Waals surface area (Å²) in [7, 11) is 3.34. The summed E-state index contributed by atoms with van der Waals surface area (Å²) in [6, 6.07) is 12.2. The van der Waals surface area contributed by atoms with Gasteiger partial charge in [-0.25, -0.2) is 9.80 Å². The number of aryl methyl sites for hydroxylation is 1. The van der Waals surface area contributed by atoms with Gasteiger partial charge in [-0.2, -0.15) is 18.3 Å². The highest BCUT2D eigenvalue weighted by Crippen LogP contribution is 2.39. The minimum atomic E-state index is -4.50. The van der Waals surface area contributed by atoms with Crippen molar-refractivity contribution in [1.82, 2.24) is 14.5 Å². The molecule has 2 aliphatic heterocycles. The molecule has 2 aromatic carbocycles. The van der Waals surface area contributed by atoms with Crippen molar-refractivity contribution in [2.24, 2.45) is 12.1 Å². The molecule has 10 nitrogen and oxygen atoms in total. The summed E-state index contributed by atoms with van der Waals surface area (Å²) < 4.78 is 56.7. The van der Waals surface area contributed by atoms with Gasteiger partial charge in [0, 0.05) is 39.0 Å². The third kappa shape index (κ3) is 6.14. The van der Waals surface area contributed by atoms with Crippen molar-refractivity contribution < 1.29 is 37.0 Å². The molecule has 41 heavy (non-hydrogen) atoms. The second kappa shape index (κ2) is 11.5. The van der Waals surface area contributed by atoms with E-state index < -0.39 is 29.7 Å². The molecule has 13 heteroatoms. The zero-order chi connectivity index (χ0) is 29.1. The zero-order valence-corrected chi connectivity index (χ0v) is 22.4. The molecule has 0 radical (unpaired) electrons. The zero-order valence-electron chi connectivity index (χ0n) is 22.4. The highest BCUT2D eigenvalue weighted by atomic mass is 19.4. The Balaban J connectivity index is 1.37. The smallest absolute Gasteiger partial charge is 0.416 e. The second-order valence-electron chi connectivity index (χ2n) is 9.54. The number of ether oxygens (including phenoxy) is 3. The van der Waals surface area contributed by atoms with Gasteiger partial charge >= 0.3 is 12.2 Å². The van der Waals surface area contributed by atoms with Crippen LogP contribution >= 0.6 is 0 Å². The molecule has 3 amide bonds. The van der Waals surface area contributed by atoms with Gasteiger partial charge in [-0.15, -0.1) is 0 Å². The van der Waals surface area contributed by atoms with E-state index in [4.69, 9.17) is 14.2 Å².